The number of carbonyl (C=O) groups is 11. The second kappa shape index (κ2) is 32.9. The number of ketones is 1. The molecule has 1 saturated heterocycles. The molecule has 0 unspecified atom stereocenters. The van der Waals surface area contributed by atoms with Gasteiger partial charge in [-0.25, -0.2) is 9.59 Å². The van der Waals surface area contributed by atoms with Gasteiger partial charge in [0.05, 0.1) is 26.2 Å². The molecule has 26 nitrogen and oxygen atoms in total. The summed E-state index contributed by atoms with van der Waals surface area (Å²) in [4.78, 5) is 140. The van der Waals surface area contributed by atoms with E-state index in [0.717, 1.165) is 9.13 Å². The highest BCUT2D eigenvalue weighted by Gasteiger charge is 2.31. The molecular formula is C46H68IN9O17. The fraction of sp³-hybridized carbons (Fsp3) is 0.630. The molecule has 1 aromatic carbocycles. The Morgan fingerprint density at radius 1 is 0.644 bits per heavy atom. The normalized spacial score (nSPS) is 18.7. The average molecular weight is 1150 g/mol. The van der Waals surface area contributed by atoms with Crippen molar-refractivity contribution in [3.8, 4) is 0 Å². The molecule has 10 N–H and O–H groups in total. The van der Waals surface area contributed by atoms with Gasteiger partial charge in [-0.15, -0.1) is 0 Å². The van der Waals surface area contributed by atoms with Gasteiger partial charge in [0.2, 0.25) is 17.7 Å². The van der Waals surface area contributed by atoms with Gasteiger partial charge in [0.15, 0.2) is 6.23 Å². The first kappa shape index (κ1) is 61.3. The van der Waals surface area contributed by atoms with E-state index in [1.54, 1.807) is 14.7 Å². The highest BCUT2D eigenvalue weighted by atomic mass is 127. The lowest BCUT2D eigenvalue weighted by molar-refractivity contribution is -0.150. The van der Waals surface area contributed by atoms with E-state index < -0.39 is 84.6 Å². The number of nitrogens with zero attached hydrogens (tertiary/aromatic N) is 4. The number of carbonyl (C=O) groups excluding carboxylic acids is 6. The maximum absolute atomic E-state index is 13.7. The molecule has 5 amide bonds. The van der Waals surface area contributed by atoms with Gasteiger partial charge in [-0.2, -0.15) is 0 Å². The average Bonchev–Trinajstić information content (AvgIpc) is 3.32. The van der Waals surface area contributed by atoms with Gasteiger partial charge in [0.25, 0.3) is 12.3 Å². The van der Waals surface area contributed by atoms with Crippen molar-refractivity contribution in [1.29, 1.82) is 0 Å². The Kier molecular flexibility index (Phi) is 27.6. The van der Waals surface area contributed by atoms with Gasteiger partial charge >= 0.3 is 35.9 Å². The van der Waals surface area contributed by atoms with E-state index in [1.807, 2.05) is 29.2 Å². The number of ether oxygens (including phenoxy) is 1. The number of urea groups is 1. The fourth-order valence-electron chi connectivity index (χ4n) is 8.38. The third-order valence-corrected chi connectivity index (χ3v) is 13.4. The maximum Gasteiger partial charge on any atom is 0.374 e. The van der Waals surface area contributed by atoms with Gasteiger partial charge in [-0.1, -0.05) is 18.2 Å². The van der Waals surface area contributed by atoms with E-state index in [1.165, 1.54) is 0 Å². The molecule has 2 fully saturated rings. The van der Waals surface area contributed by atoms with Gasteiger partial charge in [0.1, 0.15) is 12.1 Å². The number of nitrogens with one attached hydrogen (secondary N) is 5. The molecule has 27 heteroatoms. The summed E-state index contributed by atoms with van der Waals surface area (Å²) in [5.74, 6) is -9.11. The zero-order valence-corrected chi connectivity index (χ0v) is 42.7. The van der Waals surface area contributed by atoms with E-state index >= 15 is 0 Å². The molecule has 1 aliphatic heterocycles. The van der Waals surface area contributed by atoms with E-state index in [-0.39, 0.29) is 109 Å². The molecule has 406 valence electrons. The smallest absolute Gasteiger partial charge is 0.374 e. The Morgan fingerprint density at radius 2 is 1.18 bits per heavy atom. The Balaban J connectivity index is 1.53. The molecule has 73 heavy (non-hydrogen) atoms. The second-order valence-electron chi connectivity index (χ2n) is 17.9. The number of carboxylic acid groups (broad SMARTS) is 5. The Labute approximate surface area is 435 Å². The number of aliphatic carboxylic acids is 5. The summed E-state index contributed by atoms with van der Waals surface area (Å²) in [6, 6.07) is 3.74. The molecule has 2 aliphatic rings. The molecule has 3 rings (SSSR count). The molecule has 0 bridgehead atoms. The van der Waals surface area contributed by atoms with Crippen molar-refractivity contribution in [3.63, 3.8) is 0 Å². The number of Topliss-reactive ketones (excluding diaryl/α,β-unsaturated/α-hetero) is 1. The topological polar surface area (TPSA) is 371 Å². The molecule has 1 heterocycles. The predicted molar refractivity (Wildman–Crippen MR) is 265 cm³/mol. The molecule has 0 radical (unpaired) electrons. The number of rotatable bonds is 29. The number of carboxylic acids is 5. The summed E-state index contributed by atoms with van der Waals surface area (Å²) >= 11 is 2.15. The van der Waals surface area contributed by atoms with Crippen LogP contribution in [0.4, 0.5) is 4.79 Å². The van der Waals surface area contributed by atoms with E-state index in [9.17, 15) is 68.1 Å². The Bertz CT molecular complexity index is 2030. The number of amides is 5. The van der Waals surface area contributed by atoms with E-state index in [0.29, 0.717) is 58.2 Å². The minimum Gasteiger partial charge on any atom is -0.481 e. The highest BCUT2D eigenvalue weighted by Crippen LogP contribution is 2.29. The van der Waals surface area contributed by atoms with Crippen molar-refractivity contribution < 1.29 is 83.0 Å². The molecule has 1 aromatic rings. The molecular weight excluding hydrogens is 1080 g/mol. The van der Waals surface area contributed by atoms with Crippen LogP contribution in [0.2, 0.25) is 0 Å². The zero-order chi connectivity index (χ0) is 53.9. The van der Waals surface area contributed by atoms with Gasteiger partial charge < -0.3 is 56.9 Å². The Hall–Kier alpha value is -6.04. The first-order chi connectivity index (χ1) is 34.7. The van der Waals surface area contributed by atoms with Crippen molar-refractivity contribution in [2.45, 2.75) is 82.5 Å². The Morgan fingerprint density at radius 3 is 1.67 bits per heavy atom. The summed E-state index contributed by atoms with van der Waals surface area (Å²) in [7, 11) is 0. The minimum absolute atomic E-state index is 0.0274. The zero-order valence-electron chi connectivity index (χ0n) is 40.5. The lowest BCUT2D eigenvalue weighted by Crippen LogP contribution is -2.51. The van der Waals surface area contributed by atoms with Crippen LogP contribution in [-0.2, 0) is 59.1 Å². The summed E-state index contributed by atoms with van der Waals surface area (Å²) < 4.78 is 5.80. The number of benzene rings is 1. The van der Waals surface area contributed by atoms with Crippen molar-refractivity contribution in [2.24, 2.45) is 11.8 Å². The molecule has 0 aromatic heterocycles. The van der Waals surface area contributed by atoms with Crippen LogP contribution in [0.1, 0.15) is 63.4 Å². The van der Waals surface area contributed by atoms with Crippen molar-refractivity contribution >= 4 is 88.4 Å². The fourth-order valence-corrected chi connectivity index (χ4v) is 8.98. The van der Waals surface area contributed by atoms with E-state index in [2.05, 4.69) is 49.2 Å². The highest BCUT2D eigenvalue weighted by molar-refractivity contribution is 14.1. The number of halogens is 1. The quantitative estimate of drug-likeness (QED) is 0.0146. The third-order valence-electron chi connectivity index (χ3n) is 12.4. The number of hydrogen-bond donors (Lipinski definition) is 10. The summed E-state index contributed by atoms with van der Waals surface area (Å²) in [6.07, 6.45) is 0.830. The first-order valence-corrected chi connectivity index (χ1v) is 25.1. The van der Waals surface area contributed by atoms with Gasteiger partial charge in [0, 0.05) is 94.2 Å². The second-order valence-corrected chi connectivity index (χ2v) is 19.1. The minimum atomic E-state index is -1.87. The molecule has 1 saturated carbocycles. The van der Waals surface area contributed by atoms with Crippen molar-refractivity contribution in [1.82, 2.24) is 46.2 Å². The van der Waals surface area contributed by atoms with Gasteiger partial charge in [-0.05, 0) is 85.1 Å². The summed E-state index contributed by atoms with van der Waals surface area (Å²) in [5, 5.41) is 59.6. The molecule has 1 aliphatic carbocycles. The monoisotopic (exact) mass is 1150 g/mol. The standard InChI is InChI=1S/C46H68IN9O17/c47-33-6-2-1-5-32(33)23-35(44(69)48-14-4-3-7-37(73-29-57)52-46(72)51-34(12-13-38(59)60)42(67)45(70)71)50-43(68)31-10-8-30(9-11-31)24-49-36(58)25-53-15-17-54(26-39(61)62)19-21-56(28-41(65)66)22-20-55(18-16-53)27-40(63)64/h1-2,5-6,29-31,34-35,37H,3-4,7-28H2,(H,48,69)(H,49,58)(H,50,68)(H,59,60)(H,61,62)(H,63,64)(H,65,66)(H,70,71)(H2,51,52,72)/t30-,31-,34-,35-,37+/m0/s1. The third kappa shape index (κ3) is 25.0. The molecule has 0 spiro atoms. The first-order valence-electron chi connectivity index (χ1n) is 24.0. The number of unbranched alkanes of at least 4 members (excludes halogenated alkanes) is 1. The van der Waals surface area contributed by atoms with Crippen LogP contribution in [0.5, 0.6) is 0 Å². The molecule has 3 atom stereocenters. The lowest BCUT2D eigenvalue weighted by atomic mass is 9.81. The van der Waals surface area contributed by atoms with Crippen molar-refractivity contribution in [3.05, 3.63) is 33.4 Å². The summed E-state index contributed by atoms with van der Waals surface area (Å²) in [5.41, 5.74) is 0.837. The SMILES string of the molecule is O=CO[C@H](CCCCNC(=O)[C@H](Cc1ccccc1I)NC(=O)[C@H]1CC[C@H](CNC(=O)CN2CCN(CC(=O)O)CCN(CC(=O)O)CCN(CC(=O)O)CC2)CC1)NC(=O)N[C@@H](CCC(=O)O)C(=O)C(=O)O. The van der Waals surface area contributed by atoms with Crippen LogP contribution < -0.4 is 26.6 Å². The lowest BCUT2D eigenvalue weighted by Gasteiger charge is -2.33. The van der Waals surface area contributed by atoms with Crippen LogP contribution in [0.3, 0.4) is 0 Å². The predicted octanol–water partition coefficient (Wildman–Crippen LogP) is -1.31. The van der Waals surface area contributed by atoms with Crippen LogP contribution in [0, 0.1) is 15.4 Å². The van der Waals surface area contributed by atoms with Crippen molar-refractivity contribution in [2.75, 3.05) is 91.6 Å². The van der Waals surface area contributed by atoms with Crippen LogP contribution in [0.25, 0.3) is 0 Å². The van der Waals surface area contributed by atoms with Crippen LogP contribution in [0.15, 0.2) is 24.3 Å². The number of hydrogen-bond acceptors (Lipinski definition) is 16. The largest absolute Gasteiger partial charge is 0.481 e. The van der Waals surface area contributed by atoms with E-state index in [4.69, 9.17) is 14.9 Å². The van der Waals surface area contributed by atoms with Crippen LogP contribution >= 0.6 is 22.6 Å². The summed E-state index contributed by atoms with van der Waals surface area (Å²) in [6.45, 7) is 1.84. The maximum atomic E-state index is 13.7. The van der Waals surface area contributed by atoms with Gasteiger partial charge in [-0.3, -0.25) is 62.8 Å². The van der Waals surface area contributed by atoms with Crippen LogP contribution in [-0.4, -0.2) is 221 Å².